The minimum atomic E-state index is -0.738. The molecule has 16 heavy (non-hydrogen) atoms. The Morgan fingerprint density at radius 2 is 2.00 bits per heavy atom. The van der Waals surface area contributed by atoms with Gasteiger partial charge in [0.25, 0.3) is 0 Å². The Hall–Kier alpha value is -1.06. The second-order valence-electron chi connectivity index (χ2n) is 5.10. The minimum Gasteiger partial charge on any atom is -0.343 e. The van der Waals surface area contributed by atoms with Crippen molar-refractivity contribution in [1.29, 1.82) is 0 Å². The van der Waals surface area contributed by atoms with Gasteiger partial charge < -0.3 is 10.2 Å². The molecular weight excluding hydrogens is 204 g/mol. The molecule has 92 valence electrons. The Morgan fingerprint density at radius 3 is 2.50 bits per heavy atom. The van der Waals surface area contributed by atoms with Gasteiger partial charge in [0, 0.05) is 6.04 Å². The van der Waals surface area contributed by atoms with Crippen molar-refractivity contribution in [2.75, 3.05) is 0 Å². The van der Waals surface area contributed by atoms with E-state index >= 15 is 0 Å². The molecule has 0 aromatic rings. The second-order valence-corrected chi connectivity index (χ2v) is 5.10. The molecule has 1 rings (SSSR count). The predicted octanol–water partition coefficient (Wildman–Crippen LogP) is 1.30. The van der Waals surface area contributed by atoms with Gasteiger partial charge in [-0.05, 0) is 34.1 Å². The summed E-state index contributed by atoms with van der Waals surface area (Å²) >= 11 is 0. The molecule has 4 nitrogen and oxygen atoms in total. The SMILES string of the molecule is CCCC(C)N1C(=O)C(C)NC(=O)C1(C)C. The third-order valence-corrected chi connectivity index (χ3v) is 3.26. The molecule has 1 aliphatic heterocycles. The van der Waals surface area contributed by atoms with Crippen LogP contribution < -0.4 is 5.32 Å². The fourth-order valence-corrected chi connectivity index (χ4v) is 2.34. The van der Waals surface area contributed by atoms with Crippen LogP contribution in [0.3, 0.4) is 0 Å². The van der Waals surface area contributed by atoms with Crippen molar-refractivity contribution in [3.05, 3.63) is 0 Å². The molecule has 1 saturated heterocycles. The van der Waals surface area contributed by atoms with E-state index in [1.807, 2.05) is 6.92 Å². The molecule has 1 aliphatic rings. The first-order valence-electron chi connectivity index (χ1n) is 5.96. The zero-order valence-electron chi connectivity index (χ0n) is 10.8. The Morgan fingerprint density at radius 1 is 1.44 bits per heavy atom. The van der Waals surface area contributed by atoms with Gasteiger partial charge in [0.2, 0.25) is 11.8 Å². The molecule has 0 saturated carbocycles. The monoisotopic (exact) mass is 226 g/mol. The van der Waals surface area contributed by atoms with Crippen molar-refractivity contribution in [2.24, 2.45) is 0 Å². The van der Waals surface area contributed by atoms with Crippen molar-refractivity contribution in [1.82, 2.24) is 10.2 Å². The number of carbonyl (C=O) groups is 2. The van der Waals surface area contributed by atoms with E-state index in [4.69, 9.17) is 0 Å². The van der Waals surface area contributed by atoms with Gasteiger partial charge in [0.1, 0.15) is 11.6 Å². The molecule has 1 fully saturated rings. The van der Waals surface area contributed by atoms with Gasteiger partial charge in [0.05, 0.1) is 0 Å². The van der Waals surface area contributed by atoms with Crippen LogP contribution >= 0.6 is 0 Å². The van der Waals surface area contributed by atoms with Gasteiger partial charge in [-0.2, -0.15) is 0 Å². The number of hydrogen-bond donors (Lipinski definition) is 1. The maximum absolute atomic E-state index is 12.1. The van der Waals surface area contributed by atoms with Crippen LogP contribution in [0, 0.1) is 0 Å². The molecule has 2 atom stereocenters. The van der Waals surface area contributed by atoms with Crippen LogP contribution in [-0.2, 0) is 9.59 Å². The lowest BCUT2D eigenvalue weighted by Crippen LogP contribution is -2.69. The number of nitrogens with one attached hydrogen (secondary N) is 1. The molecule has 1 N–H and O–H groups in total. The van der Waals surface area contributed by atoms with E-state index in [0.29, 0.717) is 0 Å². The normalized spacial score (nSPS) is 26.6. The average Bonchev–Trinajstić information content (AvgIpc) is 2.15. The summed E-state index contributed by atoms with van der Waals surface area (Å²) in [7, 11) is 0. The lowest BCUT2D eigenvalue weighted by molar-refractivity contribution is -0.157. The van der Waals surface area contributed by atoms with Crippen molar-refractivity contribution in [3.63, 3.8) is 0 Å². The van der Waals surface area contributed by atoms with Crippen LogP contribution in [0.5, 0.6) is 0 Å². The number of carbonyl (C=O) groups excluding carboxylic acids is 2. The number of hydrogen-bond acceptors (Lipinski definition) is 2. The molecule has 1 heterocycles. The van der Waals surface area contributed by atoms with Gasteiger partial charge in [-0.25, -0.2) is 0 Å². The van der Waals surface area contributed by atoms with E-state index in [9.17, 15) is 9.59 Å². The van der Waals surface area contributed by atoms with E-state index in [0.717, 1.165) is 12.8 Å². The quantitative estimate of drug-likeness (QED) is 0.788. The summed E-state index contributed by atoms with van der Waals surface area (Å²) in [6.07, 6.45) is 1.94. The van der Waals surface area contributed by atoms with Crippen LogP contribution in [0.1, 0.15) is 47.5 Å². The summed E-state index contributed by atoms with van der Waals surface area (Å²) in [5.41, 5.74) is -0.738. The molecule has 2 amide bonds. The first-order valence-corrected chi connectivity index (χ1v) is 5.96. The Labute approximate surface area is 97.4 Å². The number of rotatable bonds is 3. The Balaban J connectivity index is 2.99. The molecule has 0 bridgehead atoms. The highest BCUT2D eigenvalue weighted by Crippen LogP contribution is 2.25. The topological polar surface area (TPSA) is 49.4 Å². The molecule has 0 radical (unpaired) electrons. The maximum atomic E-state index is 12.1. The third kappa shape index (κ3) is 2.06. The molecule has 2 unspecified atom stereocenters. The first kappa shape index (κ1) is 13.0. The van der Waals surface area contributed by atoms with E-state index in [2.05, 4.69) is 12.2 Å². The molecule has 4 heteroatoms. The molecular formula is C12H22N2O2. The first-order chi connectivity index (χ1) is 7.32. The zero-order valence-corrected chi connectivity index (χ0v) is 10.8. The third-order valence-electron chi connectivity index (χ3n) is 3.26. The lowest BCUT2D eigenvalue weighted by atomic mass is 9.93. The van der Waals surface area contributed by atoms with Gasteiger partial charge in [-0.3, -0.25) is 9.59 Å². The van der Waals surface area contributed by atoms with Gasteiger partial charge in [-0.15, -0.1) is 0 Å². The summed E-state index contributed by atoms with van der Waals surface area (Å²) in [4.78, 5) is 25.7. The summed E-state index contributed by atoms with van der Waals surface area (Å²) in [6, 6.07) is -0.291. The fourth-order valence-electron chi connectivity index (χ4n) is 2.34. The average molecular weight is 226 g/mol. The molecule has 0 aliphatic carbocycles. The van der Waals surface area contributed by atoms with Crippen molar-refractivity contribution >= 4 is 11.8 Å². The van der Waals surface area contributed by atoms with Crippen LogP contribution in [0.4, 0.5) is 0 Å². The molecule has 0 aromatic heterocycles. The number of amides is 2. The summed E-state index contributed by atoms with van der Waals surface area (Å²) < 4.78 is 0. The lowest BCUT2D eigenvalue weighted by Gasteiger charge is -2.46. The minimum absolute atomic E-state index is 0.0190. The largest absolute Gasteiger partial charge is 0.343 e. The zero-order chi connectivity index (χ0) is 12.5. The van der Waals surface area contributed by atoms with Crippen LogP contribution in [-0.4, -0.2) is 34.3 Å². The van der Waals surface area contributed by atoms with Gasteiger partial charge >= 0.3 is 0 Å². The van der Waals surface area contributed by atoms with Crippen LogP contribution in [0.15, 0.2) is 0 Å². The van der Waals surface area contributed by atoms with Gasteiger partial charge in [0.15, 0.2) is 0 Å². The van der Waals surface area contributed by atoms with Crippen LogP contribution in [0.25, 0.3) is 0 Å². The number of piperazine rings is 1. The highest BCUT2D eigenvalue weighted by Gasteiger charge is 2.46. The van der Waals surface area contributed by atoms with Crippen molar-refractivity contribution in [3.8, 4) is 0 Å². The Kier molecular flexibility index (Phi) is 3.61. The van der Waals surface area contributed by atoms with E-state index < -0.39 is 11.6 Å². The smallest absolute Gasteiger partial charge is 0.246 e. The van der Waals surface area contributed by atoms with E-state index in [1.165, 1.54) is 0 Å². The number of nitrogens with zero attached hydrogens (tertiary/aromatic N) is 1. The summed E-state index contributed by atoms with van der Waals surface area (Å²) in [6.45, 7) is 9.44. The molecule has 0 spiro atoms. The van der Waals surface area contributed by atoms with E-state index in [1.54, 1.807) is 25.7 Å². The van der Waals surface area contributed by atoms with E-state index in [-0.39, 0.29) is 17.9 Å². The highest BCUT2D eigenvalue weighted by atomic mass is 16.2. The predicted molar refractivity (Wildman–Crippen MR) is 62.9 cm³/mol. The second kappa shape index (κ2) is 4.44. The van der Waals surface area contributed by atoms with Gasteiger partial charge in [-0.1, -0.05) is 13.3 Å². The molecule has 0 aromatic carbocycles. The fraction of sp³-hybridized carbons (Fsp3) is 0.833. The van der Waals surface area contributed by atoms with Crippen LogP contribution in [0.2, 0.25) is 0 Å². The standard InChI is InChI=1S/C12H22N2O2/c1-6-7-8(2)14-10(15)9(3)13-11(16)12(14,4)5/h8-9H,6-7H2,1-5H3,(H,13,16). The van der Waals surface area contributed by atoms with Crippen molar-refractivity contribution < 1.29 is 9.59 Å². The highest BCUT2D eigenvalue weighted by molar-refractivity contribution is 5.99. The maximum Gasteiger partial charge on any atom is 0.246 e. The summed E-state index contributed by atoms with van der Waals surface area (Å²) in [5, 5.41) is 2.72. The van der Waals surface area contributed by atoms with Crippen molar-refractivity contribution in [2.45, 2.75) is 65.1 Å². The summed E-state index contributed by atoms with van der Waals surface area (Å²) in [5.74, 6) is -0.0481. The Bertz CT molecular complexity index is 299.